The summed E-state index contributed by atoms with van der Waals surface area (Å²) in [5.74, 6) is 1.65. The molecular formula is C25H34IN5O2. The van der Waals surface area contributed by atoms with E-state index in [9.17, 15) is 0 Å². The maximum absolute atomic E-state index is 5.98. The quantitative estimate of drug-likeness (QED) is 0.159. The first kappa shape index (κ1) is 26.7. The number of aryl methyl sites for hydroxylation is 1. The zero-order chi connectivity index (χ0) is 22.6. The Bertz CT molecular complexity index is 992. The van der Waals surface area contributed by atoms with E-state index >= 15 is 0 Å². The van der Waals surface area contributed by atoms with Gasteiger partial charge in [-0.05, 0) is 29.7 Å². The Labute approximate surface area is 213 Å². The highest BCUT2D eigenvalue weighted by molar-refractivity contribution is 14.0. The first-order valence-corrected chi connectivity index (χ1v) is 10.9. The van der Waals surface area contributed by atoms with Gasteiger partial charge in [0.05, 0.1) is 12.9 Å². The van der Waals surface area contributed by atoms with Crippen LogP contribution in [0.5, 0.6) is 5.75 Å². The fraction of sp³-hybridized carbons (Fsp3) is 0.360. The van der Waals surface area contributed by atoms with Crippen molar-refractivity contribution in [3.8, 4) is 5.75 Å². The van der Waals surface area contributed by atoms with Crippen LogP contribution in [0.2, 0.25) is 0 Å². The van der Waals surface area contributed by atoms with Crippen molar-refractivity contribution in [3.63, 3.8) is 0 Å². The van der Waals surface area contributed by atoms with Crippen molar-refractivity contribution in [1.82, 2.24) is 20.2 Å². The fourth-order valence-electron chi connectivity index (χ4n) is 3.34. The van der Waals surface area contributed by atoms with E-state index in [2.05, 4.69) is 74.6 Å². The minimum atomic E-state index is 0. The largest absolute Gasteiger partial charge is 0.493 e. The maximum Gasteiger partial charge on any atom is 0.191 e. The van der Waals surface area contributed by atoms with Crippen LogP contribution in [-0.2, 0) is 24.4 Å². The third-order valence-electron chi connectivity index (χ3n) is 5.02. The number of hydrogen-bond donors (Lipinski definition) is 2. The molecule has 0 atom stereocenters. The molecule has 0 fully saturated rings. The van der Waals surface area contributed by atoms with E-state index in [-0.39, 0.29) is 24.0 Å². The number of nitrogens with zero attached hydrogens (tertiary/aromatic N) is 3. The molecule has 0 saturated carbocycles. The van der Waals surface area contributed by atoms with E-state index in [1.54, 1.807) is 20.4 Å². The summed E-state index contributed by atoms with van der Waals surface area (Å²) in [5, 5.41) is 6.79. The monoisotopic (exact) mass is 563 g/mol. The Balaban J connectivity index is 0.00000385. The van der Waals surface area contributed by atoms with Crippen molar-refractivity contribution < 1.29 is 9.47 Å². The number of guanidine groups is 1. The highest BCUT2D eigenvalue weighted by Gasteiger charge is 2.07. The number of nitrogens with one attached hydrogen (secondary N) is 2. The Morgan fingerprint density at radius 2 is 1.88 bits per heavy atom. The van der Waals surface area contributed by atoms with E-state index in [1.807, 2.05) is 12.5 Å². The molecule has 1 heterocycles. The van der Waals surface area contributed by atoms with Gasteiger partial charge in [0.15, 0.2) is 5.96 Å². The van der Waals surface area contributed by atoms with E-state index in [4.69, 9.17) is 9.47 Å². The standard InChI is InChI=1S/C25H33N5O2.HI/c1-20-8-9-23(24(14-20)32-13-5-12-31-3)17-29-25(26-2)28-16-21-6-4-7-22(15-21)18-30-11-10-27-19-30;/h4,6-11,14-15,19H,5,12-13,16-18H2,1-3H3,(H2,26,28,29);1H. The smallest absolute Gasteiger partial charge is 0.191 e. The molecule has 0 aliphatic rings. The first-order valence-electron chi connectivity index (χ1n) is 10.9. The van der Waals surface area contributed by atoms with Crippen LogP contribution in [-0.4, -0.2) is 42.9 Å². The first-order chi connectivity index (χ1) is 15.7. The van der Waals surface area contributed by atoms with Crippen molar-refractivity contribution in [1.29, 1.82) is 0 Å². The highest BCUT2D eigenvalue weighted by atomic mass is 127. The molecule has 7 nitrogen and oxygen atoms in total. The Kier molecular flexibility index (Phi) is 11.7. The van der Waals surface area contributed by atoms with Gasteiger partial charge >= 0.3 is 0 Å². The SMILES string of the molecule is CN=C(NCc1cccc(Cn2ccnc2)c1)NCc1ccc(C)cc1OCCCOC.I. The molecule has 0 bridgehead atoms. The Hall–Kier alpha value is -2.59. The summed E-state index contributed by atoms with van der Waals surface area (Å²) >= 11 is 0. The Morgan fingerprint density at radius 3 is 2.64 bits per heavy atom. The predicted molar refractivity (Wildman–Crippen MR) is 143 cm³/mol. The third kappa shape index (κ3) is 9.05. The summed E-state index contributed by atoms with van der Waals surface area (Å²) in [5.41, 5.74) is 4.70. The van der Waals surface area contributed by atoms with Crippen molar-refractivity contribution in [2.24, 2.45) is 4.99 Å². The normalized spacial score (nSPS) is 11.1. The summed E-state index contributed by atoms with van der Waals surface area (Å²) in [4.78, 5) is 8.46. The molecular weight excluding hydrogens is 529 g/mol. The number of aromatic nitrogens is 2. The van der Waals surface area contributed by atoms with E-state index in [0.29, 0.717) is 26.3 Å². The summed E-state index contributed by atoms with van der Waals surface area (Å²) in [6.45, 7) is 5.51. The molecule has 33 heavy (non-hydrogen) atoms. The molecule has 0 unspecified atom stereocenters. The van der Waals surface area contributed by atoms with Gasteiger partial charge in [0.25, 0.3) is 0 Å². The molecule has 0 aliphatic heterocycles. The van der Waals surface area contributed by atoms with Crippen molar-refractivity contribution in [3.05, 3.63) is 83.4 Å². The lowest BCUT2D eigenvalue weighted by molar-refractivity contribution is 0.171. The van der Waals surface area contributed by atoms with Crippen molar-refractivity contribution in [2.75, 3.05) is 27.4 Å². The third-order valence-corrected chi connectivity index (χ3v) is 5.02. The van der Waals surface area contributed by atoms with Crippen LogP contribution >= 0.6 is 24.0 Å². The molecule has 2 N–H and O–H groups in total. The molecule has 3 rings (SSSR count). The number of benzene rings is 2. The summed E-state index contributed by atoms with van der Waals surface area (Å²) in [7, 11) is 3.48. The molecule has 0 amide bonds. The molecule has 0 spiro atoms. The van der Waals surface area contributed by atoms with Crippen molar-refractivity contribution >= 4 is 29.9 Å². The number of aliphatic imine (C=N–C) groups is 1. The highest BCUT2D eigenvalue weighted by Crippen LogP contribution is 2.20. The average Bonchev–Trinajstić information content (AvgIpc) is 3.31. The van der Waals surface area contributed by atoms with E-state index < -0.39 is 0 Å². The molecule has 0 saturated heterocycles. The molecule has 178 valence electrons. The molecule has 0 aliphatic carbocycles. The predicted octanol–water partition coefficient (Wildman–Crippen LogP) is 4.14. The number of halogens is 1. The maximum atomic E-state index is 5.98. The lowest BCUT2D eigenvalue weighted by atomic mass is 10.1. The summed E-state index contributed by atoms with van der Waals surface area (Å²) in [6, 6.07) is 14.8. The Morgan fingerprint density at radius 1 is 1.06 bits per heavy atom. The minimum Gasteiger partial charge on any atom is -0.493 e. The van der Waals surface area contributed by atoms with Crippen LogP contribution in [0, 0.1) is 6.92 Å². The second kappa shape index (κ2) is 14.5. The van der Waals surface area contributed by atoms with Crippen LogP contribution in [0.4, 0.5) is 0 Å². The van der Waals surface area contributed by atoms with Gasteiger partial charge in [-0.3, -0.25) is 4.99 Å². The molecule has 8 heteroatoms. The van der Waals surface area contributed by atoms with Gasteiger partial charge in [-0.1, -0.05) is 36.4 Å². The minimum absolute atomic E-state index is 0. The number of ether oxygens (including phenoxy) is 2. The van der Waals surface area contributed by atoms with Gasteiger partial charge in [-0.25, -0.2) is 4.98 Å². The lowest BCUT2D eigenvalue weighted by Crippen LogP contribution is -2.36. The van der Waals surface area contributed by atoms with Crippen LogP contribution in [0.15, 0.2) is 66.2 Å². The van der Waals surface area contributed by atoms with Gasteiger partial charge in [-0.15, -0.1) is 24.0 Å². The van der Waals surface area contributed by atoms with Gasteiger partial charge in [-0.2, -0.15) is 0 Å². The van der Waals surface area contributed by atoms with Crippen LogP contribution in [0.3, 0.4) is 0 Å². The lowest BCUT2D eigenvalue weighted by Gasteiger charge is -2.16. The van der Waals surface area contributed by atoms with Crippen molar-refractivity contribution in [2.45, 2.75) is 33.0 Å². The average molecular weight is 563 g/mol. The topological polar surface area (TPSA) is 72.7 Å². The van der Waals surface area contributed by atoms with E-state index in [0.717, 1.165) is 30.2 Å². The number of rotatable bonds is 11. The van der Waals surface area contributed by atoms with Crippen LogP contribution in [0.25, 0.3) is 0 Å². The van der Waals surface area contributed by atoms with E-state index in [1.165, 1.54) is 16.7 Å². The number of hydrogen-bond acceptors (Lipinski definition) is 4. The van der Waals surface area contributed by atoms with Gasteiger partial charge in [0.1, 0.15) is 5.75 Å². The number of methoxy groups -OCH3 is 1. The fourth-order valence-corrected chi connectivity index (χ4v) is 3.34. The summed E-state index contributed by atoms with van der Waals surface area (Å²) < 4.78 is 13.1. The zero-order valence-corrected chi connectivity index (χ0v) is 21.9. The second-order valence-electron chi connectivity index (χ2n) is 7.64. The molecule has 1 aromatic heterocycles. The van der Waals surface area contributed by atoms with Gasteiger partial charge < -0.3 is 24.7 Å². The van der Waals surface area contributed by atoms with Crippen LogP contribution in [0.1, 0.15) is 28.7 Å². The molecule has 2 aromatic carbocycles. The van der Waals surface area contributed by atoms with Gasteiger partial charge in [0.2, 0.25) is 0 Å². The second-order valence-corrected chi connectivity index (χ2v) is 7.64. The number of imidazole rings is 1. The zero-order valence-electron chi connectivity index (χ0n) is 19.6. The summed E-state index contributed by atoms with van der Waals surface area (Å²) in [6.07, 6.45) is 6.46. The van der Waals surface area contributed by atoms with Crippen LogP contribution < -0.4 is 15.4 Å². The molecule has 3 aromatic rings. The van der Waals surface area contributed by atoms with Gasteiger partial charge in [0, 0.05) is 64.8 Å². The molecule has 0 radical (unpaired) electrons.